The number of likely N-dealkylation sites (tertiary alicyclic amines) is 1. The molecule has 0 bridgehead atoms. The first-order valence-electron chi connectivity index (χ1n) is 8.74. The molecule has 2 heterocycles. The van der Waals surface area contributed by atoms with Gasteiger partial charge in [-0.05, 0) is 38.9 Å². The van der Waals surface area contributed by atoms with E-state index in [0.717, 1.165) is 25.9 Å². The number of thiazole rings is 1. The Balaban J connectivity index is 1.89. The van der Waals surface area contributed by atoms with Crippen LogP contribution in [0.4, 0.5) is 0 Å². The second-order valence-corrected chi connectivity index (χ2v) is 7.18. The molecule has 0 unspecified atom stereocenters. The smallest absolute Gasteiger partial charge is 0.0944 e. The molecule has 0 atom stereocenters. The lowest BCUT2D eigenvalue weighted by molar-refractivity contribution is 0.288. The molecule has 3 nitrogen and oxygen atoms in total. The Labute approximate surface area is 134 Å². The normalized spacial score (nSPS) is 17.0. The average molecular weight is 310 g/mol. The number of aromatic nitrogens is 1. The van der Waals surface area contributed by atoms with Gasteiger partial charge in [0.15, 0.2) is 0 Å². The lowest BCUT2D eigenvalue weighted by atomic mass is 10.2. The highest BCUT2D eigenvalue weighted by molar-refractivity contribution is 7.11. The van der Waals surface area contributed by atoms with Crippen LogP contribution in [-0.4, -0.2) is 36.1 Å². The molecule has 0 aromatic carbocycles. The summed E-state index contributed by atoms with van der Waals surface area (Å²) in [4.78, 5) is 9.01. The van der Waals surface area contributed by atoms with Crippen LogP contribution in [-0.2, 0) is 19.4 Å². The fourth-order valence-electron chi connectivity index (χ4n) is 2.97. The molecule has 0 aliphatic carbocycles. The maximum absolute atomic E-state index is 4.91. The van der Waals surface area contributed by atoms with Gasteiger partial charge in [0.2, 0.25) is 0 Å². The number of rotatable bonds is 8. The molecule has 1 N–H and O–H groups in total. The van der Waals surface area contributed by atoms with Crippen molar-refractivity contribution >= 4 is 11.3 Å². The van der Waals surface area contributed by atoms with Crippen molar-refractivity contribution in [3.8, 4) is 0 Å². The first-order chi connectivity index (χ1) is 10.3. The Morgan fingerprint density at radius 2 is 1.86 bits per heavy atom. The van der Waals surface area contributed by atoms with Crippen molar-refractivity contribution in [3.63, 3.8) is 0 Å². The van der Waals surface area contributed by atoms with Crippen molar-refractivity contribution in [2.75, 3.05) is 26.2 Å². The zero-order valence-electron chi connectivity index (χ0n) is 13.8. The second-order valence-electron chi connectivity index (χ2n) is 6.01. The number of nitrogens with one attached hydrogen (secondary N) is 1. The van der Waals surface area contributed by atoms with Gasteiger partial charge >= 0.3 is 0 Å². The molecule has 0 radical (unpaired) electrons. The first kappa shape index (κ1) is 16.9. The third-order valence-electron chi connectivity index (χ3n) is 4.19. The van der Waals surface area contributed by atoms with E-state index in [4.69, 9.17) is 4.98 Å². The maximum atomic E-state index is 4.91. The van der Waals surface area contributed by atoms with E-state index in [9.17, 15) is 0 Å². The van der Waals surface area contributed by atoms with Crippen LogP contribution < -0.4 is 5.32 Å². The van der Waals surface area contributed by atoms with Gasteiger partial charge in [0.25, 0.3) is 0 Å². The van der Waals surface area contributed by atoms with Crippen molar-refractivity contribution in [3.05, 3.63) is 15.6 Å². The Kier molecular flexibility index (Phi) is 7.69. The summed E-state index contributed by atoms with van der Waals surface area (Å²) in [6.45, 7) is 10.2. The average Bonchev–Trinajstić information content (AvgIpc) is 2.71. The SMILES string of the molecule is CCCc1nc(CCN2CCCCCC2)sc1CNCC. The predicted octanol–water partition coefficient (Wildman–Crippen LogP) is 3.62. The van der Waals surface area contributed by atoms with Crippen molar-refractivity contribution < 1.29 is 0 Å². The number of aryl methyl sites for hydroxylation is 1. The molecule has 1 aliphatic heterocycles. The standard InChI is InChI=1S/C17H31N3S/c1-3-9-15-16(14-18-4-2)21-17(19-15)10-13-20-11-7-5-6-8-12-20/h18H,3-14H2,1-2H3. The molecular formula is C17H31N3S. The van der Waals surface area contributed by atoms with Gasteiger partial charge in [-0.25, -0.2) is 4.98 Å². The summed E-state index contributed by atoms with van der Waals surface area (Å²) < 4.78 is 0. The molecule has 1 aliphatic rings. The van der Waals surface area contributed by atoms with E-state index in [1.165, 1.54) is 67.3 Å². The van der Waals surface area contributed by atoms with Gasteiger partial charge in [0.05, 0.1) is 10.7 Å². The van der Waals surface area contributed by atoms with Crippen molar-refractivity contribution in [2.24, 2.45) is 0 Å². The minimum absolute atomic E-state index is 0.993. The summed E-state index contributed by atoms with van der Waals surface area (Å²) in [5.41, 5.74) is 1.34. The van der Waals surface area contributed by atoms with Crippen molar-refractivity contribution in [1.82, 2.24) is 15.2 Å². The van der Waals surface area contributed by atoms with E-state index in [0.29, 0.717) is 0 Å². The predicted molar refractivity (Wildman–Crippen MR) is 92.1 cm³/mol. The highest BCUT2D eigenvalue weighted by Gasteiger charge is 2.13. The Hall–Kier alpha value is -0.450. The van der Waals surface area contributed by atoms with Gasteiger partial charge in [0, 0.05) is 24.4 Å². The largest absolute Gasteiger partial charge is 0.312 e. The van der Waals surface area contributed by atoms with Crippen LogP contribution in [0, 0.1) is 0 Å². The van der Waals surface area contributed by atoms with Crippen LogP contribution in [0.5, 0.6) is 0 Å². The summed E-state index contributed by atoms with van der Waals surface area (Å²) in [5, 5.41) is 4.79. The number of hydrogen-bond acceptors (Lipinski definition) is 4. The second kappa shape index (κ2) is 9.54. The van der Waals surface area contributed by atoms with Crippen LogP contribution in [0.3, 0.4) is 0 Å². The minimum Gasteiger partial charge on any atom is -0.312 e. The molecular weight excluding hydrogens is 278 g/mol. The lowest BCUT2D eigenvalue weighted by Crippen LogP contribution is -2.26. The first-order valence-corrected chi connectivity index (χ1v) is 9.55. The van der Waals surface area contributed by atoms with Crippen LogP contribution in [0.25, 0.3) is 0 Å². The molecule has 0 spiro atoms. The van der Waals surface area contributed by atoms with Gasteiger partial charge < -0.3 is 10.2 Å². The molecule has 1 saturated heterocycles. The van der Waals surface area contributed by atoms with Crippen LogP contribution >= 0.6 is 11.3 Å². The van der Waals surface area contributed by atoms with Crippen LogP contribution in [0.2, 0.25) is 0 Å². The molecule has 2 rings (SSSR count). The zero-order chi connectivity index (χ0) is 14.9. The molecule has 4 heteroatoms. The summed E-state index contributed by atoms with van der Waals surface area (Å²) in [6.07, 6.45) is 9.04. The molecule has 0 amide bonds. The third kappa shape index (κ3) is 5.68. The fraction of sp³-hybridized carbons (Fsp3) is 0.824. The highest BCUT2D eigenvalue weighted by atomic mass is 32.1. The van der Waals surface area contributed by atoms with E-state index in [1.54, 1.807) is 0 Å². The Bertz CT molecular complexity index is 395. The van der Waals surface area contributed by atoms with Crippen LogP contribution in [0.15, 0.2) is 0 Å². The van der Waals surface area contributed by atoms with Crippen molar-refractivity contribution in [1.29, 1.82) is 0 Å². The van der Waals surface area contributed by atoms with Gasteiger partial charge in [-0.3, -0.25) is 0 Å². The molecule has 0 saturated carbocycles. The van der Waals surface area contributed by atoms with E-state index in [1.807, 2.05) is 11.3 Å². The molecule has 1 aromatic rings. The maximum Gasteiger partial charge on any atom is 0.0944 e. The molecule has 1 aromatic heterocycles. The molecule has 1 fully saturated rings. The van der Waals surface area contributed by atoms with E-state index in [2.05, 4.69) is 24.1 Å². The number of hydrogen-bond donors (Lipinski definition) is 1. The van der Waals surface area contributed by atoms with Gasteiger partial charge in [-0.2, -0.15) is 0 Å². The summed E-state index contributed by atoms with van der Waals surface area (Å²) >= 11 is 1.93. The monoisotopic (exact) mass is 309 g/mol. The summed E-state index contributed by atoms with van der Waals surface area (Å²) in [6, 6.07) is 0. The molecule has 21 heavy (non-hydrogen) atoms. The zero-order valence-corrected chi connectivity index (χ0v) is 14.6. The highest BCUT2D eigenvalue weighted by Crippen LogP contribution is 2.21. The summed E-state index contributed by atoms with van der Waals surface area (Å²) in [7, 11) is 0. The molecule has 120 valence electrons. The van der Waals surface area contributed by atoms with Crippen LogP contribution in [0.1, 0.15) is 61.5 Å². The van der Waals surface area contributed by atoms with Gasteiger partial charge in [0.1, 0.15) is 0 Å². The Morgan fingerprint density at radius 1 is 1.10 bits per heavy atom. The fourth-order valence-corrected chi connectivity index (χ4v) is 4.04. The van der Waals surface area contributed by atoms with Gasteiger partial charge in [-0.1, -0.05) is 33.1 Å². The minimum atomic E-state index is 0.993. The van der Waals surface area contributed by atoms with E-state index in [-0.39, 0.29) is 0 Å². The van der Waals surface area contributed by atoms with E-state index >= 15 is 0 Å². The topological polar surface area (TPSA) is 28.2 Å². The van der Waals surface area contributed by atoms with E-state index < -0.39 is 0 Å². The van der Waals surface area contributed by atoms with Crippen molar-refractivity contribution in [2.45, 2.75) is 65.3 Å². The Morgan fingerprint density at radius 3 is 2.52 bits per heavy atom. The quantitative estimate of drug-likeness (QED) is 0.795. The number of nitrogens with zero attached hydrogens (tertiary/aromatic N) is 2. The summed E-state index contributed by atoms with van der Waals surface area (Å²) in [5.74, 6) is 0. The van der Waals surface area contributed by atoms with Gasteiger partial charge in [-0.15, -0.1) is 11.3 Å². The lowest BCUT2D eigenvalue weighted by Gasteiger charge is -2.18. The third-order valence-corrected chi connectivity index (χ3v) is 5.34.